The molecule has 0 aliphatic carbocycles. The summed E-state index contributed by atoms with van der Waals surface area (Å²) in [7, 11) is 0. The predicted octanol–water partition coefficient (Wildman–Crippen LogP) is 14.3. The minimum absolute atomic E-state index is 0.644. The second-order valence-corrected chi connectivity index (χ2v) is 15.9. The van der Waals surface area contributed by atoms with Gasteiger partial charge in [0.1, 0.15) is 11.6 Å². The second kappa shape index (κ2) is 15.6. The number of hydrogen-bond donors (Lipinski definition) is 0. The van der Waals surface area contributed by atoms with Gasteiger partial charge in [-0.25, -0.2) is 19.9 Å². The molecule has 0 spiro atoms. The van der Waals surface area contributed by atoms with Crippen LogP contribution in [-0.2, 0) is 0 Å². The third-order valence-electron chi connectivity index (χ3n) is 12.0. The van der Waals surface area contributed by atoms with E-state index in [0.29, 0.717) is 5.82 Å². The van der Waals surface area contributed by atoms with Gasteiger partial charge in [-0.1, -0.05) is 170 Å². The molecular formula is C58H38N6. The van der Waals surface area contributed by atoms with Crippen LogP contribution < -0.4 is 0 Å². The van der Waals surface area contributed by atoms with E-state index in [1.54, 1.807) is 0 Å². The second-order valence-electron chi connectivity index (χ2n) is 15.9. The van der Waals surface area contributed by atoms with Crippen LogP contribution in [0.1, 0.15) is 0 Å². The molecule has 6 nitrogen and oxygen atoms in total. The minimum Gasteiger partial charge on any atom is -0.292 e. The number of fused-ring (bicyclic) bond motifs is 3. The van der Waals surface area contributed by atoms with Crippen LogP contribution in [0.15, 0.2) is 231 Å². The average Bonchev–Trinajstić information content (AvgIpc) is 3.97. The molecule has 0 saturated heterocycles. The standard InChI is InChI=1S/C58H38N6/c1-5-17-39(18-6-1)45-37-48(40-19-7-2-8-20-40)55-49(38-45)54(41-29-33-43(34-30-41)57-59-50-25-13-15-27-52(50)63(57)46-21-9-3-10-22-46)61-56(62-55)42-31-35-44(36-32-42)58-60-51-26-14-16-28-53(51)64(58)47-23-11-4-12-24-47/h1-38H. The van der Waals surface area contributed by atoms with Crippen LogP contribution in [0.4, 0.5) is 0 Å². The maximum atomic E-state index is 5.46. The molecule has 0 bridgehead atoms. The van der Waals surface area contributed by atoms with Crippen molar-refractivity contribution >= 4 is 33.0 Å². The van der Waals surface area contributed by atoms with Gasteiger partial charge in [0, 0.05) is 44.6 Å². The van der Waals surface area contributed by atoms with Crippen molar-refractivity contribution in [2.75, 3.05) is 0 Å². The normalized spacial score (nSPS) is 11.4. The fourth-order valence-electron chi connectivity index (χ4n) is 8.88. The zero-order valence-electron chi connectivity index (χ0n) is 34.6. The highest BCUT2D eigenvalue weighted by molar-refractivity contribution is 6.04. The van der Waals surface area contributed by atoms with E-state index in [1.165, 1.54) is 0 Å². The van der Waals surface area contributed by atoms with Gasteiger partial charge in [-0.2, -0.15) is 0 Å². The largest absolute Gasteiger partial charge is 0.292 e. The van der Waals surface area contributed by atoms with Gasteiger partial charge in [0.15, 0.2) is 5.82 Å². The van der Waals surface area contributed by atoms with E-state index in [2.05, 4.69) is 215 Å². The monoisotopic (exact) mass is 818 g/mol. The Hall–Kier alpha value is -8.74. The Kier molecular flexibility index (Phi) is 9.05. The summed E-state index contributed by atoms with van der Waals surface area (Å²) < 4.78 is 4.46. The third kappa shape index (κ3) is 6.53. The van der Waals surface area contributed by atoms with Gasteiger partial charge in [0.05, 0.1) is 33.3 Å². The first-order valence-corrected chi connectivity index (χ1v) is 21.5. The van der Waals surface area contributed by atoms with Crippen molar-refractivity contribution in [3.8, 4) is 79.0 Å². The van der Waals surface area contributed by atoms with Crippen LogP contribution in [0, 0.1) is 0 Å². The highest BCUT2D eigenvalue weighted by Gasteiger charge is 2.20. The molecule has 0 N–H and O–H groups in total. The molecule has 64 heavy (non-hydrogen) atoms. The van der Waals surface area contributed by atoms with Crippen molar-refractivity contribution in [1.82, 2.24) is 29.1 Å². The highest BCUT2D eigenvalue weighted by Crippen LogP contribution is 2.40. The van der Waals surface area contributed by atoms with E-state index in [1.807, 2.05) is 24.3 Å². The van der Waals surface area contributed by atoms with Crippen molar-refractivity contribution < 1.29 is 0 Å². The van der Waals surface area contributed by atoms with E-state index in [0.717, 1.165) is 106 Å². The molecule has 3 heterocycles. The van der Waals surface area contributed by atoms with Crippen LogP contribution in [0.25, 0.3) is 112 Å². The summed E-state index contributed by atoms with van der Waals surface area (Å²) in [4.78, 5) is 21.2. The number of hydrogen-bond acceptors (Lipinski definition) is 4. The summed E-state index contributed by atoms with van der Waals surface area (Å²) in [6.45, 7) is 0. The topological polar surface area (TPSA) is 61.4 Å². The Balaban J connectivity index is 1.04. The van der Waals surface area contributed by atoms with E-state index < -0.39 is 0 Å². The molecule has 0 amide bonds. The number of para-hydroxylation sites is 6. The highest BCUT2D eigenvalue weighted by atomic mass is 15.1. The summed E-state index contributed by atoms with van der Waals surface area (Å²) in [5.41, 5.74) is 16.1. The zero-order valence-corrected chi connectivity index (χ0v) is 34.6. The molecule has 12 aromatic rings. The Bertz CT molecular complexity index is 3620. The van der Waals surface area contributed by atoms with Crippen LogP contribution >= 0.6 is 0 Å². The lowest BCUT2D eigenvalue weighted by Gasteiger charge is -2.16. The molecule has 0 fully saturated rings. The molecule has 9 aromatic carbocycles. The summed E-state index contributed by atoms with van der Waals surface area (Å²) >= 11 is 0. The fraction of sp³-hybridized carbons (Fsp3) is 0. The molecule has 6 heteroatoms. The molecule has 12 rings (SSSR count). The number of rotatable bonds is 8. The van der Waals surface area contributed by atoms with Gasteiger partial charge in [0.25, 0.3) is 0 Å². The fourth-order valence-corrected chi connectivity index (χ4v) is 8.88. The van der Waals surface area contributed by atoms with Crippen molar-refractivity contribution in [3.63, 3.8) is 0 Å². The number of aromatic nitrogens is 6. The van der Waals surface area contributed by atoms with E-state index in [9.17, 15) is 0 Å². The molecule has 0 aliphatic heterocycles. The zero-order chi connectivity index (χ0) is 42.4. The SMILES string of the molecule is c1ccc(-c2cc(-c3ccccc3)c3nc(-c4ccc(-c5nc6ccccc6n5-c5ccccc5)cc4)nc(-c4ccc(-c5nc6ccccc6n5-c5ccccc5)cc4)c3c2)cc1. The van der Waals surface area contributed by atoms with Gasteiger partial charge < -0.3 is 0 Å². The molecule has 300 valence electrons. The maximum Gasteiger partial charge on any atom is 0.160 e. The molecule has 0 unspecified atom stereocenters. The van der Waals surface area contributed by atoms with Gasteiger partial charge in [-0.05, 0) is 77.4 Å². The van der Waals surface area contributed by atoms with Gasteiger partial charge in [-0.3, -0.25) is 9.13 Å². The van der Waals surface area contributed by atoms with Crippen LogP contribution in [0.5, 0.6) is 0 Å². The predicted molar refractivity (Wildman–Crippen MR) is 261 cm³/mol. The summed E-state index contributed by atoms with van der Waals surface area (Å²) in [5, 5.41) is 0.974. The van der Waals surface area contributed by atoms with Gasteiger partial charge in [0.2, 0.25) is 0 Å². The molecule has 0 saturated carbocycles. The molecule has 0 radical (unpaired) electrons. The summed E-state index contributed by atoms with van der Waals surface area (Å²) in [5.74, 6) is 2.40. The molecule has 0 atom stereocenters. The van der Waals surface area contributed by atoms with Crippen LogP contribution in [0.3, 0.4) is 0 Å². The Morgan fingerprint density at radius 3 is 1.27 bits per heavy atom. The lowest BCUT2D eigenvalue weighted by Crippen LogP contribution is -1.99. The first-order valence-electron chi connectivity index (χ1n) is 21.5. The van der Waals surface area contributed by atoms with Crippen molar-refractivity contribution in [1.29, 1.82) is 0 Å². The lowest BCUT2D eigenvalue weighted by atomic mass is 9.93. The number of benzene rings is 9. The Morgan fingerprint density at radius 2 is 0.734 bits per heavy atom. The smallest absolute Gasteiger partial charge is 0.160 e. The lowest BCUT2D eigenvalue weighted by molar-refractivity contribution is 1.10. The maximum absolute atomic E-state index is 5.46. The third-order valence-corrected chi connectivity index (χ3v) is 12.0. The Labute approximate surface area is 370 Å². The molecule has 0 aliphatic rings. The summed E-state index contributed by atoms with van der Waals surface area (Å²) in [6.07, 6.45) is 0. The summed E-state index contributed by atoms with van der Waals surface area (Å²) in [6, 6.07) is 80.2. The average molecular weight is 819 g/mol. The van der Waals surface area contributed by atoms with Crippen molar-refractivity contribution in [2.45, 2.75) is 0 Å². The van der Waals surface area contributed by atoms with E-state index in [-0.39, 0.29) is 0 Å². The first kappa shape index (κ1) is 37.1. The molecule has 3 aromatic heterocycles. The van der Waals surface area contributed by atoms with Crippen molar-refractivity contribution in [2.24, 2.45) is 0 Å². The van der Waals surface area contributed by atoms with E-state index in [4.69, 9.17) is 19.9 Å². The van der Waals surface area contributed by atoms with Crippen molar-refractivity contribution in [3.05, 3.63) is 231 Å². The minimum atomic E-state index is 0.644. The number of imidazole rings is 2. The van der Waals surface area contributed by atoms with Crippen LogP contribution in [-0.4, -0.2) is 29.1 Å². The number of nitrogens with zero attached hydrogens (tertiary/aromatic N) is 6. The Morgan fingerprint density at radius 1 is 0.297 bits per heavy atom. The quantitative estimate of drug-likeness (QED) is 0.153. The van der Waals surface area contributed by atoms with E-state index >= 15 is 0 Å². The molecular weight excluding hydrogens is 781 g/mol. The van der Waals surface area contributed by atoms with Gasteiger partial charge in [-0.15, -0.1) is 0 Å². The van der Waals surface area contributed by atoms with Crippen LogP contribution in [0.2, 0.25) is 0 Å². The first-order chi connectivity index (χ1) is 31.7. The van der Waals surface area contributed by atoms with Gasteiger partial charge >= 0.3 is 0 Å².